The number of ether oxygens (including phenoxy) is 1. The van der Waals surface area contributed by atoms with Gasteiger partial charge in [0.2, 0.25) is 0 Å². The number of hydrogen-bond acceptors (Lipinski definition) is 4. The van der Waals surface area contributed by atoms with Crippen LogP contribution in [0.25, 0.3) is 0 Å². The predicted molar refractivity (Wildman–Crippen MR) is 82.4 cm³/mol. The topological polar surface area (TPSA) is 81.5 Å². The van der Waals surface area contributed by atoms with Crippen molar-refractivity contribution >= 4 is 23.2 Å². The first-order chi connectivity index (χ1) is 11.4. The number of benzene rings is 2. The zero-order chi connectivity index (χ0) is 17.7. The lowest BCUT2D eigenvalue weighted by Gasteiger charge is -2.11. The van der Waals surface area contributed by atoms with Crippen molar-refractivity contribution in [2.75, 3.05) is 0 Å². The largest absolute Gasteiger partial charge is 0.434 e. The molecule has 2 aromatic rings. The quantitative estimate of drug-likeness (QED) is 0.631. The molecule has 0 aliphatic heterocycles. The standard InChI is InChI=1S/C15H11ClF2N2O4/c16-12-6-5-10(20(22)23)7-11(12)14(21)19-8-9-3-1-2-4-13(9)24-15(17)18/h1-7,15H,8H2,(H,19,21). The summed E-state index contributed by atoms with van der Waals surface area (Å²) in [6.07, 6.45) is 0. The Morgan fingerprint density at radius 2 is 2.00 bits per heavy atom. The second-order valence-electron chi connectivity index (χ2n) is 4.59. The fourth-order valence-electron chi connectivity index (χ4n) is 1.93. The van der Waals surface area contributed by atoms with E-state index < -0.39 is 17.4 Å². The van der Waals surface area contributed by atoms with Gasteiger partial charge in [0.25, 0.3) is 11.6 Å². The average molecular weight is 357 g/mol. The van der Waals surface area contributed by atoms with E-state index in [0.717, 1.165) is 6.07 Å². The summed E-state index contributed by atoms with van der Waals surface area (Å²) in [5.41, 5.74) is -0.0446. The number of carbonyl (C=O) groups excluding carboxylic acids is 1. The Bertz CT molecular complexity index is 771. The summed E-state index contributed by atoms with van der Waals surface area (Å²) in [6, 6.07) is 9.41. The summed E-state index contributed by atoms with van der Waals surface area (Å²) in [5.74, 6) is -0.742. The van der Waals surface area contributed by atoms with E-state index in [4.69, 9.17) is 11.6 Å². The molecular weight excluding hydrogens is 346 g/mol. The number of para-hydroxylation sites is 1. The number of nitro groups is 1. The van der Waals surface area contributed by atoms with E-state index in [1.54, 1.807) is 6.07 Å². The van der Waals surface area contributed by atoms with Crippen molar-refractivity contribution < 1.29 is 23.2 Å². The molecule has 0 saturated heterocycles. The van der Waals surface area contributed by atoms with Gasteiger partial charge < -0.3 is 10.1 Å². The number of halogens is 3. The number of hydrogen-bond donors (Lipinski definition) is 1. The Labute approximate surface area is 140 Å². The molecule has 1 amide bonds. The van der Waals surface area contributed by atoms with Crippen molar-refractivity contribution in [3.63, 3.8) is 0 Å². The third kappa shape index (κ3) is 4.39. The minimum atomic E-state index is -2.99. The summed E-state index contributed by atoms with van der Waals surface area (Å²) in [4.78, 5) is 22.2. The molecule has 0 heterocycles. The van der Waals surface area contributed by atoms with Gasteiger partial charge >= 0.3 is 6.61 Å². The fraction of sp³-hybridized carbons (Fsp3) is 0.133. The lowest BCUT2D eigenvalue weighted by molar-refractivity contribution is -0.384. The number of carbonyl (C=O) groups is 1. The summed E-state index contributed by atoms with van der Waals surface area (Å²) in [6.45, 7) is -3.10. The van der Waals surface area contributed by atoms with Crippen LogP contribution >= 0.6 is 11.6 Å². The third-order valence-corrected chi connectivity index (χ3v) is 3.36. The summed E-state index contributed by atoms with van der Waals surface area (Å²) >= 11 is 5.87. The summed E-state index contributed by atoms with van der Waals surface area (Å²) in [7, 11) is 0. The van der Waals surface area contributed by atoms with Crippen LogP contribution in [-0.2, 0) is 6.54 Å². The van der Waals surface area contributed by atoms with Gasteiger partial charge in [-0.2, -0.15) is 8.78 Å². The van der Waals surface area contributed by atoms with Crippen LogP contribution in [0.1, 0.15) is 15.9 Å². The molecule has 0 bridgehead atoms. The fourth-order valence-corrected chi connectivity index (χ4v) is 2.14. The van der Waals surface area contributed by atoms with E-state index >= 15 is 0 Å². The van der Waals surface area contributed by atoms with Gasteiger partial charge in [0.1, 0.15) is 5.75 Å². The first-order valence-corrected chi connectivity index (χ1v) is 7.01. The Kier molecular flexibility index (Phi) is 5.64. The van der Waals surface area contributed by atoms with Crippen molar-refractivity contribution in [3.05, 3.63) is 68.7 Å². The molecule has 2 rings (SSSR count). The molecule has 0 fully saturated rings. The number of nitrogens with zero attached hydrogens (tertiary/aromatic N) is 1. The maximum atomic E-state index is 12.3. The zero-order valence-corrected chi connectivity index (χ0v) is 12.8. The number of rotatable bonds is 6. The van der Waals surface area contributed by atoms with Crippen molar-refractivity contribution in [2.45, 2.75) is 13.2 Å². The maximum absolute atomic E-state index is 12.3. The lowest BCUT2D eigenvalue weighted by atomic mass is 10.1. The Hall–Kier alpha value is -2.74. The van der Waals surface area contributed by atoms with E-state index in [0.29, 0.717) is 5.56 Å². The SMILES string of the molecule is O=C(NCc1ccccc1OC(F)F)c1cc([N+](=O)[O-])ccc1Cl. The van der Waals surface area contributed by atoms with Gasteiger partial charge in [0, 0.05) is 24.2 Å². The molecule has 6 nitrogen and oxygen atoms in total. The third-order valence-electron chi connectivity index (χ3n) is 3.03. The molecule has 0 radical (unpaired) electrons. The minimum Gasteiger partial charge on any atom is -0.434 e. The molecule has 0 aliphatic carbocycles. The second kappa shape index (κ2) is 7.69. The molecule has 2 aromatic carbocycles. The normalized spacial score (nSPS) is 10.5. The van der Waals surface area contributed by atoms with Gasteiger partial charge in [-0.05, 0) is 12.1 Å². The highest BCUT2D eigenvalue weighted by Gasteiger charge is 2.16. The number of non-ortho nitro benzene ring substituents is 1. The molecule has 0 spiro atoms. The number of nitrogens with one attached hydrogen (secondary N) is 1. The van der Waals surface area contributed by atoms with Gasteiger partial charge in [-0.15, -0.1) is 0 Å². The van der Waals surface area contributed by atoms with Crippen LogP contribution in [0.2, 0.25) is 5.02 Å². The van der Waals surface area contributed by atoms with Crippen molar-refractivity contribution in [3.8, 4) is 5.75 Å². The van der Waals surface area contributed by atoms with Crippen molar-refractivity contribution in [1.29, 1.82) is 0 Å². The van der Waals surface area contributed by atoms with Gasteiger partial charge in [0.15, 0.2) is 0 Å². The van der Waals surface area contributed by atoms with E-state index in [2.05, 4.69) is 10.1 Å². The average Bonchev–Trinajstić information content (AvgIpc) is 2.53. The minimum absolute atomic E-state index is 0.0372. The first kappa shape index (κ1) is 17.6. The van der Waals surface area contributed by atoms with Crippen LogP contribution in [0.5, 0.6) is 5.75 Å². The van der Waals surface area contributed by atoms with E-state index in [1.165, 1.54) is 30.3 Å². The predicted octanol–water partition coefficient (Wildman–Crippen LogP) is 3.78. The van der Waals surface area contributed by atoms with Crippen LogP contribution in [0.3, 0.4) is 0 Å². The molecule has 1 N–H and O–H groups in total. The Balaban J connectivity index is 2.14. The van der Waals surface area contributed by atoms with E-state index in [9.17, 15) is 23.7 Å². The van der Waals surface area contributed by atoms with Gasteiger partial charge in [-0.1, -0.05) is 29.8 Å². The van der Waals surface area contributed by atoms with E-state index in [1.807, 2.05) is 0 Å². The maximum Gasteiger partial charge on any atom is 0.387 e. The molecule has 126 valence electrons. The highest BCUT2D eigenvalue weighted by molar-refractivity contribution is 6.33. The van der Waals surface area contributed by atoms with E-state index in [-0.39, 0.29) is 28.6 Å². The van der Waals surface area contributed by atoms with Crippen LogP contribution < -0.4 is 10.1 Å². The smallest absolute Gasteiger partial charge is 0.387 e. The van der Waals surface area contributed by atoms with Gasteiger partial charge in [0.05, 0.1) is 15.5 Å². The second-order valence-corrected chi connectivity index (χ2v) is 5.00. The number of amides is 1. The highest BCUT2D eigenvalue weighted by Crippen LogP contribution is 2.23. The van der Waals surface area contributed by atoms with Crippen molar-refractivity contribution in [2.24, 2.45) is 0 Å². The molecule has 0 atom stereocenters. The van der Waals surface area contributed by atoms with Crippen molar-refractivity contribution in [1.82, 2.24) is 5.32 Å². The molecular formula is C15H11ClF2N2O4. The van der Waals surface area contributed by atoms with Gasteiger partial charge in [-0.3, -0.25) is 14.9 Å². The summed E-state index contributed by atoms with van der Waals surface area (Å²) < 4.78 is 29.1. The monoisotopic (exact) mass is 356 g/mol. The molecule has 0 unspecified atom stereocenters. The molecule has 0 saturated carbocycles. The molecule has 0 aliphatic rings. The molecule has 0 aromatic heterocycles. The van der Waals surface area contributed by atoms with Crippen LogP contribution in [0.4, 0.5) is 14.5 Å². The first-order valence-electron chi connectivity index (χ1n) is 6.63. The Morgan fingerprint density at radius 3 is 2.67 bits per heavy atom. The van der Waals surface area contributed by atoms with Crippen LogP contribution in [0.15, 0.2) is 42.5 Å². The molecule has 24 heavy (non-hydrogen) atoms. The zero-order valence-electron chi connectivity index (χ0n) is 12.0. The molecule has 9 heteroatoms. The number of alkyl halides is 2. The number of nitro benzene ring substituents is 1. The highest BCUT2D eigenvalue weighted by atomic mass is 35.5. The Morgan fingerprint density at radius 1 is 1.29 bits per heavy atom. The van der Waals surface area contributed by atoms with Crippen LogP contribution in [-0.4, -0.2) is 17.4 Å². The van der Waals surface area contributed by atoms with Crippen LogP contribution in [0, 0.1) is 10.1 Å². The lowest BCUT2D eigenvalue weighted by Crippen LogP contribution is -2.23. The van der Waals surface area contributed by atoms with Gasteiger partial charge in [-0.25, -0.2) is 0 Å². The summed E-state index contributed by atoms with van der Waals surface area (Å²) in [5, 5.41) is 13.3.